The molecule has 20 heavy (non-hydrogen) atoms. The lowest BCUT2D eigenvalue weighted by Gasteiger charge is -2.06. The first-order valence-corrected chi connectivity index (χ1v) is 5.63. The summed E-state index contributed by atoms with van der Waals surface area (Å²) in [7, 11) is 0. The van der Waals surface area contributed by atoms with Crippen LogP contribution in [0.25, 0.3) is 11.5 Å². The van der Waals surface area contributed by atoms with E-state index in [1.165, 1.54) is 12.1 Å². The highest BCUT2D eigenvalue weighted by Gasteiger charge is 2.30. The lowest BCUT2D eigenvalue weighted by molar-refractivity contribution is -0.138. The van der Waals surface area contributed by atoms with E-state index in [1.54, 1.807) is 6.92 Å². The highest BCUT2D eigenvalue weighted by atomic mass is 19.4. The molecule has 1 aromatic carbocycles. The van der Waals surface area contributed by atoms with E-state index in [0.717, 1.165) is 12.1 Å². The second-order valence-electron chi connectivity index (χ2n) is 4.17. The molecule has 1 aromatic heterocycles. The van der Waals surface area contributed by atoms with Crippen LogP contribution in [0.1, 0.15) is 17.0 Å². The maximum atomic E-state index is 12.4. The molecule has 0 aliphatic heterocycles. The molecule has 1 heterocycles. The van der Waals surface area contributed by atoms with Crippen LogP contribution in [0.2, 0.25) is 0 Å². The number of halogens is 3. The number of aliphatic carboxylic acids is 1. The van der Waals surface area contributed by atoms with Gasteiger partial charge in [0.05, 0.1) is 11.3 Å². The molecule has 0 fully saturated rings. The van der Waals surface area contributed by atoms with E-state index < -0.39 is 17.7 Å². The number of aryl methyl sites for hydroxylation is 1. The Morgan fingerprint density at radius 3 is 2.40 bits per heavy atom. The van der Waals surface area contributed by atoms with E-state index in [-0.39, 0.29) is 18.1 Å². The van der Waals surface area contributed by atoms with E-state index >= 15 is 0 Å². The molecule has 0 radical (unpaired) electrons. The van der Waals surface area contributed by atoms with Crippen molar-refractivity contribution in [2.75, 3.05) is 0 Å². The van der Waals surface area contributed by atoms with E-state index in [9.17, 15) is 18.0 Å². The molecule has 0 saturated carbocycles. The van der Waals surface area contributed by atoms with Gasteiger partial charge in [-0.05, 0) is 31.2 Å². The van der Waals surface area contributed by atoms with Crippen molar-refractivity contribution in [2.24, 2.45) is 0 Å². The Morgan fingerprint density at radius 2 is 1.90 bits per heavy atom. The summed E-state index contributed by atoms with van der Waals surface area (Å²) in [6.45, 7) is 1.58. The van der Waals surface area contributed by atoms with E-state index in [1.807, 2.05) is 0 Å². The van der Waals surface area contributed by atoms with Crippen LogP contribution in [0.15, 0.2) is 28.7 Å². The SMILES string of the molecule is Cc1nc(-c2ccc(C(F)(F)F)cc2)oc1CC(=O)O. The van der Waals surface area contributed by atoms with Crippen LogP contribution in [0.3, 0.4) is 0 Å². The standard InChI is InChI=1S/C13H10F3NO3/c1-7-10(6-11(18)19)20-12(17-7)8-2-4-9(5-3-8)13(14,15)16/h2-5H,6H2,1H3,(H,18,19). The molecule has 0 aliphatic carbocycles. The molecule has 0 aliphatic rings. The lowest BCUT2D eigenvalue weighted by Crippen LogP contribution is -2.03. The van der Waals surface area contributed by atoms with Gasteiger partial charge in [-0.3, -0.25) is 4.79 Å². The molecule has 7 heteroatoms. The molecular weight excluding hydrogens is 275 g/mol. The number of hydrogen-bond donors (Lipinski definition) is 1. The van der Waals surface area contributed by atoms with Crippen LogP contribution < -0.4 is 0 Å². The van der Waals surface area contributed by atoms with Crippen molar-refractivity contribution < 1.29 is 27.5 Å². The molecule has 0 atom stereocenters. The van der Waals surface area contributed by atoms with Gasteiger partial charge in [-0.2, -0.15) is 13.2 Å². The summed E-state index contributed by atoms with van der Waals surface area (Å²) in [5.74, 6) is -0.775. The average molecular weight is 285 g/mol. The molecule has 106 valence electrons. The summed E-state index contributed by atoms with van der Waals surface area (Å²) in [6, 6.07) is 4.31. The number of nitrogens with zero attached hydrogens (tertiary/aromatic N) is 1. The largest absolute Gasteiger partial charge is 0.481 e. The van der Waals surface area contributed by atoms with Gasteiger partial charge in [-0.15, -0.1) is 0 Å². The van der Waals surface area contributed by atoms with Gasteiger partial charge < -0.3 is 9.52 Å². The Labute approximate surface area is 111 Å². The first kappa shape index (κ1) is 14.1. The predicted octanol–water partition coefficient (Wildman–Crippen LogP) is 3.30. The first-order chi connectivity index (χ1) is 9.27. The smallest absolute Gasteiger partial charge is 0.416 e. The monoisotopic (exact) mass is 285 g/mol. The lowest BCUT2D eigenvalue weighted by atomic mass is 10.1. The maximum Gasteiger partial charge on any atom is 0.416 e. The highest BCUT2D eigenvalue weighted by molar-refractivity contribution is 5.70. The molecule has 4 nitrogen and oxygen atoms in total. The van der Waals surface area contributed by atoms with Gasteiger partial charge in [0.15, 0.2) is 0 Å². The molecule has 1 N–H and O–H groups in total. The number of alkyl halides is 3. The Morgan fingerprint density at radius 1 is 1.30 bits per heavy atom. The fourth-order valence-electron chi connectivity index (χ4n) is 1.65. The molecule has 0 amide bonds. The van der Waals surface area contributed by atoms with Crippen molar-refractivity contribution in [2.45, 2.75) is 19.5 Å². The fourth-order valence-corrected chi connectivity index (χ4v) is 1.65. The summed E-state index contributed by atoms with van der Waals surface area (Å²) in [5, 5.41) is 8.68. The van der Waals surface area contributed by atoms with Crippen molar-refractivity contribution in [1.82, 2.24) is 4.98 Å². The van der Waals surface area contributed by atoms with Crippen molar-refractivity contribution in [3.63, 3.8) is 0 Å². The van der Waals surface area contributed by atoms with Crippen molar-refractivity contribution in [3.8, 4) is 11.5 Å². The van der Waals surface area contributed by atoms with Gasteiger partial charge in [0.25, 0.3) is 0 Å². The molecule has 2 rings (SSSR count). The molecular formula is C13H10F3NO3. The van der Waals surface area contributed by atoms with Gasteiger partial charge in [-0.1, -0.05) is 0 Å². The fraction of sp³-hybridized carbons (Fsp3) is 0.231. The number of carboxylic acids is 1. The van der Waals surface area contributed by atoms with Crippen LogP contribution in [-0.2, 0) is 17.4 Å². The normalized spacial score (nSPS) is 11.6. The van der Waals surface area contributed by atoms with E-state index in [4.69, 9.17) is 9.52 Å². The minimum Gasteiger partial charge on any atom is -0.481 e. The summed E-state index contributed by atoms with van der Waals surface area (Å²) >= 11 is 0. The first-order valence-electron chi connectivity index (χ1n) is 5.63. The second kappa shape index (κ2) is 4.99. The summed E-state index contributed by atoms with van der Waals surface area (Å²) in [6.07, 6.45) is -4.72. The van der Waals surface area contributed by atoms with E-state index in [2.05, 4.69) is 4.98 Å². The third-order valence-corrected chi connectivity index (χ3v) is 2.66. The summed E-state index contributed by atoms with van der Waals surface area (Å²) in [4.78, 5) is 14.6. The number of rotatable bonds is 3. The number of aromatic nitrogens is 1. The number of carboxylic acid groups (broad SMARTS) is 1. The number of carbonyl (C=O) groups is 1. The maximum absolute atomic E-state index is 12.4. The topological polar surface area (TPSA) is 63.3 Å². The Balaban J connectivity index is 2.30. The average Bonchev–Trinajstić information content (AvgIpc) is 2.69. The highest BCUT2D eigenvalue weighted by Crippen LogP contribution is 2.31. The zero-order valence-electron chi connectivity index (χ0n) is 10.4. The van der Waals surface area contributed by atoms with Crippen LogP contribution in [0.4, 0.5) is 13.2 Å². The van der Waals surface area contributed by atoms with E-state index in [0.29, 0.717) is 11.3 Å². The van der Waals surface area contributed by atoms with Gasteiger partial charge in [-0.25, -0.2) is 4.98 Å². The van der Waals surface area contributed by atoms with Crippen molar-refractivity contribution in [1.29, 1.82) is 0 Å². The van der Waals surface area contributed by atoms with Crippen LogP contribution in [0, 0.1) is 6.92 Å². The minimum atomic E-state index is -4.40. The van der Waals surface area contributed by atoms with Gasteiger partial charge in [0.2, 0.25) is 5.89 Å². The zero-order valence-corrected chi connectivity index (χ0v) is 10.4. The summed E-state index contributed by atoms with van der Waals surface area (Å²) < 4.78 is 42.6. The molecule has 2 aromatic rings. The van der Waals surface area contributed by atoms with Gasteiger partial charge >= 0.3 is 12.1 Å². The quantitative estimate of drug-likeness (QED) is 0.939. The molecule has 0 saturated heterocycles. The third kappa shape index (κ3) is 2.98. The van der Waals surface area contributed by atoms with Gasteiger partial charge in [0.1, 0.15) is 12.2 Å². The number of oxazole rings is 1. The molecule has 0 unspecified atom stereocenters. The minimum absolute atomic E-state index is 0.104. The number of benzene rings is 1. The molecule has 0 spiro atoms. The zero-order chi connectivity index (χ0) is 14.9. The number of hydrogen-bond acceptors (Lipinski definition) is 3. The Hall–Kier alpha value is -2.31. The van der Waals surface area contributed by atoms with Crippen molar-refractivity contribution in [3.05, 3.63) is 41.3 Å². The second-order valence-corrected chi connectivity index (χ2v) is 4.17. The van der Waals surface area contributed by atoms with Crippen LogP contribution >= 0.6 is 0 Å². The summed E-state index contributed by atoms with van der Waals surface area (Å²) in [5.41, 5.74) is -0.00433. The van der Waals surface area contributed by atoms with Crippen molar-refractivity contribution >= 4 is 5.97 Å². The van der Waals surface area contributed by atoms with Crippen LogP contribution in [0.5, 0.6) is 0 Å². The third-order valence-electron chi connectivity index (χ3n) is 2.66. The van der Waals surface area contributed by atoms with Crippen LogP contribution in [-0.4, -0.2) is 16.1 Å². The predicted molar refractivity (Wildman–Crippen MR) is 63.0 cm³/mol. The molecule has 0 bridgehead atoms. The Kier molecular flexibility index (Phi) is 3.52. The Bertz CT molecular complexity index is 629. The van der Waals surface area contributed by atoms with Gasteiger partial charge in [0, 0.05) is 5.56 Å².